The number of nitrogens with zero attached hydrogens (tertiary/aromatic N) is 1. The molecule has 32 heavy (non-hydrogen) atoms. The summed E-state index contributed by atoms with van der Waals surface area (Å²) in [5.41, 5.74) is -0.629. The van der Waals surface area contributed by atoms with E-state index in [1.807, 2.05) is 0 Å². The molecule has 1 heterocycles. The van der Waals surface area contributed by atoms with E-state index >= 15 is 4.39 Å². The summed E-state index contributed by atoms with van der Waals surface area (Å²) in [7, 11) is 0. The van der Waals surface area contributed by atoms with Gasteiger partial charge in [-0.25, -0.2) is 9.18 Å². The van der Waals surface area contributed by atoms with Crippen LogP contribution >= 0.6 is 11.6 Å². The SMILES string of the molecule is Cc1c(C(C)C(=O)NC(C)(C)C(=O)O)c2c(F)c(O)ccc2n1C(=O)c1ccc(Cl)cc1. The Morgan fingerprint density at radius 2 is 1.72 bits per heavy atom. The van der Waals surface area contributed by atoms with Gasteiger partial charge in [-0.1, -0.05) is 11.6 Å². The number of aliphatic carboxylic acids is 1. The number of rotatable bonds is 5. The third-order valence-corrected chi connectivity index (χ3v) is 5.68. The molecule has 1 atom stereocenters. The Balaban J connectivity index is 2.21. The summed E-state index contributed by atoms with van der Waals surface area (Å²) >= 11 is 5.90. The summed E-state index contributed by atoms with van der Waals surface area (Å²) < 4.78 is 16.3. The first-order chi connectivity index (χ1) is 14.9. The van der Waals surface area contributed by atoms with Crippen molar-refractivity contribution in [2.24, 2.45) is 0 Å². The highest BCUT2D eigenvalue weighted by atomic mass is 35.5. The number of carbonyl (C=O) groups is 3. The third kappa shape index (κ3) is 3.93. The fraction of sp³-hybridized carbons (Fsp3) is 0.261. The monoisotopic (exact) mass is 460 g/mol. The van der Waals surface area contributed by atoms with E-state index in [2.05, 4.69) is 5.32 Å². The number of aromatic hydroxyl groups is 1. The molecule has 0 radical (unpaired) electrons. The number of nitrogens with one attached hydrogen (secondary N) is 1. The number of benzene rings is 2. The molecule has 0 fully saturated rings. The van der Waals surface area contributed by atoms with Gasteiger partial charge in [-0.05, 0) is 69.7 Å². The van der Waals surface area contributed by atoms with Crippen LogP contribution in [-0.2, 0) is 9.59 Å². The zero-order valence-electron chi connectivity index (χ0n) is 17.9. The average molecular weight is 461 g/mol. The van der Waals surface area contributed by atoms with Crippen LogP contribution in [0.1, 0.15) is 48.3 Å². The second-order valence-electron chi connectivity index (χ2n) is 8.08. The first kappa shape index (κ1) is 23.3. The maximum absolute atomic E-state index is 15.0. The summed E-state index contributed by atoms with van der Waals surface area (Å²) in [5, 5.41) is 22.0. The number of carbonyl (C=O) groups excluding carboxylic acids is 2. The summed E-state index contributed by atoms with van der Waals surface area (Å²) in [6.07, 6.45) is 0. The lowest BCUT2D eigenvalue weighted by molar-refractivity contribution is -0.146. The van der Waals surface area contributed by atoms with Crippen molar-refractivity contribution in [3.05, 3.63) is 64.1 Å². The first-order valence-electron chi connectivity index (χ1n) is 9.75. The van der Waals surface area contributed by atoms with Crippen LogP contribution in [-0.4, -0.2) is 38.1 Å². The van der Waals surface area contributed by atoms with Crippen LogP contribution in [0.25, 0.3) is 10.9 Å². The number of halogens is 2. The predicted molar refractivity (Wildman–Crippen MR) is 118 cm³/mol. The summed E-state index contributed by atoms with van der Waals surface area (Å²) in [6.45, 7) is 5.69. The largest absolute Gasteiger partial charge is 0.505 e. The Morgan fingerprint density at radius 1 is 1.12 bits per heavy atom. The van der Waals surface area contributed by atoms with Crippen LogP contribution in [0, 0.1) is 12.7 Å². The van der Waals surface area contributed by atoms with Crippen molar-refractivity contribution in [3.8, 4) is 5.75 Å². The number of hydrogen-bond donors (Lipinski definition) is 3. The Hall–Kier alpha value is -3.39. The molecule has 0 bridgehead atoms. The highest BCUT2D eigenvalue weighted by Gasteiger charge is 2.34. The molecule has 1 aromatic heterocycles. The van der Waals surface area contributed by atoms with Crippen molar-refractivity contribution in [1.82, 2.24) is 9.88 Å². The van der Waals surface area contributed by atoms with Crippen molar-refractivity contribution >= 4 is 40.3 Å². The van der Waals surface area contributed by atoms with E-state index in [-0.39, 0.29) is 16.5 Å². The lowest BCUT2D eigenvalue weighted by Gasteiger charge is -2.23. The molecule has 168 valence electrons. The highest BCUT2D eigenvalue weighted by molar-refractivity contribution is 6.30. The minimum absolute atomic E-state index is 0.0828. The molecule has 0 saturated heterocycles. The molecular weight excluding hydrogens is 439 g/mol. The van der Waals surface area contributed by atoms with Gasteiger partial charge in [0.2, 0.25) is 5.91 Å². The number of carboxylic acid groups (broad SMARTS) is 1. The van der Waals surface area contributed by atoms with Gasteiger partial charge in [0.05, 0.1) is 11.4 Å². The van der Waals surface area contributed by atoms with Crippen LogP contribution < -0.4 is 5.32 Å². The average Bonchev–Trinajstić information content (AvgIpc) is 3.02. The van der Waals surface area contributed by atoms with Gasteiger partial charge in [0.1, 0.15) is 5.54 Å². The zero-order valence-corrected chi connectivity index (χ0v) is 18.6. The third-order valence-electron chi connectivity index (χ3n) is 5.43. The van der Waals surface area contributed by atoms with Crippen LogP contribution in [0.5, 0.6) is 5.75 Å². The fourth-order valence-electron chi connectivity index (χ4n) is 3.59. The van der Waals surface area contributed by atoms with Crippen molar-refractivity contribution in [2.45, 2.75) is 39.2 Å². The predicted octanol–water partition coefficient (Wildman–Crippen LogP) is 4.22. The van der Waals surface area contributed by atoms with Crippen molar-refractivity contribution in [1.29, 1.82) is 0 Å². The number of aromatic nitrogens is 1. The van der Waals surface area contributed by atoms with Crippen molar-refractivity contribution in [3.63, 3.8) is 0 Å². The second-order valence-corrected chi connectivity index (χ2v) is 8.52. The standard InChI is InChI=1S/C23H22ClFN2O5/c1-11(20(29)26-23(3,4)22(31)32)17-12(2)27(15-9-10-16(28)19(25)18(15)17)21(30)13-5-7-14(24)8-6-13/h5-11,28H,1-4H3,(H,26,29)(H,31,32). The molecule has 1 amide bonds. The molecule has 9 heteroatoms. The number of fused-ring (bicyclic) bond motifs is 1. The number of phenols is 1. The molecule has 0 aliphatic rings. The maximum atomic E-state index is 15.0. The lowest BCUT2D eigenvalue weighted by atomic mass is 9.95. The van der Waals surface area contributed by atoms with Gasteiger partial charge in [-0.2, -0.15) is 0 Å². The molecule has 2 aromatic carbocycles. The number of hydrogen-bond acceptors (Lipinski definition) is 4. The lowest BCUT2D eigenvalue weighted by Crippen LogP contribution is -2.50. The van der Waals surface area contributed by atoms with E-state index in [0.717, 1.165) is 6.07 Å². The Kier molecular flexibility index (Phi) is 6.02. The van der Waals surface area contributed by atoms with Crippen LogP contribution in [0.15, 0.2) is 36.4 Å². The highest BCUT2D eigenvalue weighted by Crippen LogP contribution is 2.37. The zero-order chi connectivity index (χ0) is 24.0. The topological polar surface area (TPSA) is 109 Å². The molecule has 0 saturated carbocycles. The second kappa shape index (κ2) is 8.27. The van der Waals surface area contributed by atoms with Gasteiger partial charge in [-0.15, -0.1) is 0 Å². The molecule has 0 aliphatic carbocycles. The van der Waals surface area contributed by atoms with Gasteiger partial charge >= 0.3 is 5.97 Å². The molecule has 1 unspecified atom stereocenters. The van der Waals surface area contributed by atoms with E-state index in [0.29, 0.717) is 16.3 Å². The molecular formula is C23H22ClFN2O5. The van der Waals surface area contributed by atoms with Gasteiger partial charge < -0.3 is 15.5 Å². The fourth-order valence-corrected chi connectivity index (χ4v) is 3.72. The van der Waals surface area contributed by atoms with Gasteiger partial charge in [0.15, 0.2) is 11.6 Å². The minimum atomic E-state index is -1.56. The Morgan fingerprint density at radius 3 is 2.28 bits per heavy atom. The van der Waals surface area contributed by atoms with Crippen molar-refractivity contribution in [2.75, 3.05) is 0 Å². The first-order valence-corrected chi connectivity index (χ1v) is 10.1. The van der Waals surface area contributed by atoms with Gasteiger partial charge in [0, 0.05) is 21.7 Å². The van der Waals surface area contributed by atoms with Gasteiger partial charge in [0.25, 0.3) is 5.91 Å². The quantitative estimate of drug-likeness (QED) is 0.528. The van der Waals surface area contributed by atoms with Crippen molar-refractivity contribution < 1.29 is 29.0 Å². The number of carboxylic acids is 1. The molecule has 3 aromatic rings. The van der Waals surface area contributed by atoms with Crippen LogP contribution in [0.3, 0.4) is 0 Å². The van der Waals surface area contributed by atoms with E-state index in [9.17, 15) is 24.6 Å². The normalized spacial score (nSPS) is 12.6. The Bertz CT molecular complexity index is 1250. The maximum Gasteiger partial charge on any atom is 0.328 e. The summed E-state index contributed by atoms with van der Waals surface area (Å²) in [4.78, 5) is 37.5. The van der Waals surface area contributed by atoms with E-state index < -0.39 is 40.8 Å². The van der Waals surface area contributed by atoms with Crippen LogP contribution in [0.4, 0.5) is 4.39 Å². The minimum Gasteiger partial charge on any atom is -0.505 e. The molecule has 3 rings (SSSR count). The molecule has 0 spiro atoms. The smallest absolute Gasteiger partial charge is 0.328 e. The van der Waals surface area contributed by atoms with Gasteiger partial charge in [-0.3, -0.25) is 14.2 Å². The molecule has 0 aliphatic heterocycles. The summed E-state index contributed by atoms with van der Waals surface area (Å²) in [5.74, 6) is -5.00. The van der Waals surface area contributed by atoms with E-state index in [4.69, 9.17) is 11.6 Å². The van der Waals surface area contributed by atoms with E-state index in [1.165, 1.54) is 43.5 Å². The molecule has 3 N–H and O–H groups in total. The van der Waals surface area contributed by atoms with Crippen LogP contribution in [0.2, 0.25) is 5.02 Å². The number of phenolic OH excluding ortho intramolecular Hbond substituents is 1. The number of amides is 1. The Labute approximate surface area is 188 Å². The van der Waals surface area contributed by atoms with E-state index in [1.54, 1.807) is 19.1 Å². The summed E-state index contributed by atoms with van der Waals surface area (Å²) in [6, 6.07) is 8.67. The molecule has 7 nitrogen and oxygen atoms in total.